The third-order valence-electron chi connectivity index (χ3n) is 5.70. The molecule has 0 spiro atoms. The molecule has 0 bridgehead atoms. The van der Waals surface area contributed by atoms with Crippen LogP contribution >= 0.6 is 0 Å². The van der Waals surface area contributed by atoms with E-state index in [9.17, 15) is 9.59 Å². The lowest BCUT2D eigenvalue weighted by atomic mass is 10.1. The van der Waals surface area contributed by atoms with Crippen LogP contribution < -0.4 is 10.2 Å². The van der Waals surface area contributed by atoms with Crippen molar-refractivity contribution in [2.24, 2.45) is 0 Å². The molecule has 2 heterocycles. The highest BCUT2D eigenvalue weighted by Gasteiger charge is 2.27. The van der Waals surface area contributed by atoms with Crippen molar-refractivity contribution in [2.75, 3.05) is 31.1 Å². The van der Waals surface area contributed by atoms with Crippen LogP contribution in [0.4, 0.5) is 10.5 Å². The Balaban J connectivity index is 1.43. The summed E-state index contributed by atoms with van der Waals surface area (Å²) in [6, 6.07) is 15.6. The Kier molecular flexibility index (Phi) is 6.33. The molecule has 0 saturated carbocycles. The first-order valence-electron chi connectivity index (χ1n) is 10.7. The molecule has 6 nitrogen and oxygen atoms in total. The Morgan fingerprint density at radius 3 is 2.80 bits per heavy atom. The monoisotopic (exact) mass is 407 g/mol. The van der Waals surface area contributed by atoms with E-state index in [-0.39, 0.29) is 18.0 Å². The van der Waals surface area contributed by atoms with Gasteiger partial charge in [0.05, 0.1) is 6.10 Å². The van der Waals surface area contributed by atoms with E-state index in [1.165, 1.54) is 5.56 Å². The summed E-state index contributed by atoms with van der Waals surface area (Å²) in [4.78, 5) is 29.4. The van der Waals surface area contributed by atoms with E-state index < -0.39 is 0 Å². The number of amides is 3. The van der Waals surface area contributed by atoms with Crippen LogP contribution in [0, 0.1) is 6.92 Å². The SMILES string of the molecule is Cc1cccc(CN2CCCN(c3cccc(C(=O)NC[C@@H]4CCCO4)c3)C2=O)c1. The van der Waals surface area contributed by atoms with Gasteiger partial charge < -0.3 is 15.0 Å². The maximum atomic E-state index is 13.1. The molecule has 2 aromatic carbocycles. The number of anilines is 1. The van der Waals surface area contributed by atoms with E-state index in [1.54, 1.807) is 17.0 Å². The molecule has 2 fully saturated rings. The second kappa shape index (κ2) is 9.30. The van der Waals surface area contributed by atoms with Gasteiger partial charge in [0.15, 0.2) is 0 Å². The Morgan fingerprint density at radius 1 is 1.13 bits per heavy atom. The average Bonchev–Trinajstić information content (AvgIpc) is 3.27. The molecule has 2 saturated heterocycles. The molecule has 0 aromatic heterocycles. The third-order valence-corrected chi connectivity index (χ3v) is 5.70. The van der Waals surface area contributed by atoms with E-state index in [4.69, 9.17) is 4.74 Å². The highest BCUT2D eigenvalue weighted by molar-refractivity contribution is 5.98. The predicted molar refractivity (Wildman–Crippen MR) is 117 cm³/mol. The zero-order valence-electron chi connectivity index (χ0n) is 17.5. The summed E-state index contributed by atoms with van der Waals surface area (Å²) in [5.74, 6) is -0.131. The molecule has 0 aliphatic carbocycles. The average molecular weight is 408 g/mol. The first-order chi connectivity index (χ1) is 14.6. The van der Waals surface area contributed by atoms with Crippen molar-refractivity contribution in [1.29, 1.82) is 0 Å². The van der Waals surface area contributed by atoms with Gasteiger partial charge in [-0.15, -0.1) is 0 Å². The van der Waals surface area contributed by atoms with Crippen molar-refractivity contribution in [1.82, 2.24) is 10.2 Å². The first kappa shape index (κ1) is 20.4. The molecule has 158 valence electrons. The van der Waals surface area contributed by atoms with Crippen LogP contribution in [-0.4, -0.2) is 49.2 Å². The van der Waals surface area contributed by atoms with Gasteiger partial charge in [0, 0.05) is 44.0 Å². The maximum Gasteiger partial charge on any atom is 0.324 e. The van der Waals surface area contributed by atoms with Crippen LogP contribution in [0.3, 0.4) is 0 Å². The van der Waals surface area contributed by atoms with Crippen molar-refractivity contribution in [3.05, 3.63) is 65.2 Å². The number of carbonyl (C=O) groups excluding carboxylic acids is 2. The number of carbonyl (C=O) groups is 2. The van der Waals surface area contributed by atoms with Gasteiger partial charge in [0.25, 0.3) is 5.91 Å². The molecule has 0 radical (unpaired) electrons. The number of rotatable bonds is 6. The molecule has 2 aliphatic heterocycles. The number of hydrogen-bond donors (Lipinski definition) is 1. The maximum absolute atomic E-state index is 13.1. The summed E-state index contributed by atoms with van der Waals surface area (Å²) < 4.78 is 5.57. The molecule has 2 aliphatic rings. The topological polar surface area (TPSA) is 61.9 Å². The highest BCUT2D eigenvalue weighted by atomic mass is 16.5. The van der Waals surface area contributed by atoms with Crippen molar-refractivity contribution < 1.29 is 14.3 Å². The lowest BCUT2D eigenvalue weighted by Crippen LogP contribution is -2.49. The van der Waals surface area contributed by atoms with E-state index in [2.05, 4.69) is 30.4 Å². The standard InChI is InChI=1S/C24H29N3O3/c1-18-6-2-7-19(14-18)17-26-11-5-12-27(24(26)29)21-9-3-8-20(15-21)23(28)25-16-22-10-4-13-30-22/h2-3,6-9,14-15,22H,4-5,10-13,16-17H2,1H3,(H,25,28)/t22-/m0/s1. The molecule has 3 amide bonds. The van der Waals surface area contributed by atoms with Gasteiger partial charge in [-0.3, -0.25) is 9.69 Å². The molecule has 1 N–H and O–H groups in total. The smallest absolute Gasteiger partial charge is 0.324 e. The fourth-order valence-corrected chi connectivity index (χ4v) is 4.13. The van der Waals surface area contributed by atoms with Crippen molar-refractivity contribution in [3.63, 3.8) is 0 Å². The van der Waals surface area contributed by atoms with E-state index in [0.29, 0.717) is 25.2 Å². The molecule has 6 heteroatoms. The van der Waals surface area contributed by atoms with Crippen molar-refractivity contribution >= 4 is 17.6 Å². The zero-order valence-corrected chi connectivity index (χ0v) is 17.5. The lowest BCUT2D eigenvalue weighted by Gasteiger charge is -2.36. The van der Waals surface area contributed by atoms with Crippen LogP contribution in [0.1, 0.15) is 40.7 Å². The largest absolute Gasteiger partial charge is 0.376 e. The minimum atomic E-state index is -0.131. The second-order valence-electron chi connectivity index (χ2n) is 8.09. The quantitative estimate of drug-likeness (QED) is 0.794. The number of nitrogens with zero attached hydrogens (tertiary/aromatic N) is 2. The summed E-state index contributed by atoms with van der Waals surface area (Å²) in [6.45, 7) is 5.35. The Labute approximate surface area is 177 Å². The predicted octanol–water partition coefficient (Wildman–Crippen LogP) is 3.74. The highest BCUT2D eigenvalue weighted by Crippen LogP contribution is 2.23. The van der Waals surface area contributed by atoms with Crippen LogP contribution in [-0.2, 0) is 11.3 Å². The van der Waals surface area contributed by atoms with Gasteiger partial charge in [-0.25, -0.2) is 4.79 Å². The molecule has 1 atom stereocenters. The minimum absolute atomic E-state index is 0.0142. The summed E-state index contributed by atoms with van der Waals surface area (Å²) in [7, 11) is 0. The Hall–Kier alpha value is -2.86. The van der Waals surface area contributed by atoms with Gasteiger partial charge >= 0.3 is 6.03 Å². The number of hydrogen-bond acceptors (Lipinski definition) is 3. The van der Waals surface area contributed by atoms with Crippen LogP contribution in [0.2, 0.25) is 0 Å². The molecular weight excluding hydrogens is 378 g/mol. The van der Waals surface area contributed by atoms with Crippen LogP contribution in [0.5, 0.6) is 0 Å². The Bertz CT molecular complexity index is 908. The summed E-state index contributed by atoms with van der Waals surface area (Å²) in [5, 5.41) is 2.95. The Morgan fingerprint density at radius 2 is 2.00 bits per heavy atom. The molecular formula is C24H29N3O3. The fraction of sp³-hybridized carbons (Fsp3) is 0.417. The number of urea groups is 1. The number of ether oxygens (including phenoxy) is 1. The molecule has 30 heavy (non-hydrogen) atoms. The van der Waals surface area contributed by atoms with Crippen molar-refractivity contribution in [3.8, 4) is 0 Å². The first-order valence-corrected chi connectivity index (χ1v) is 10.7. The van der Waals surface area contributed by atoms with Gasteiger partial charge in [-0.05, 0) is 49.9 Å². The minimum Gasteiger partial charge on any atom is -0.376 e. The summed E-state index contributed by atoms with van der Waals surface area (Å²) in [6.07, 6.45) is 3.04. The van der Waals surface area contributed by atoms with Crippen LogP contribution in [0.25, 0.3) is 0 Å². The number of nitrogens with one attached hydrogen (secondary N) is 1. The molecule has 0 unspecified atom stereocenters. The van der Waals surface area contributed by atoms with Crippen LogP contribution in [0.15, 0.2) is 48.5 Å². The van der Waals surface area contributed by atoms with Gasteiger partial charge in [0.2, 0.25) is 0 Å². The van der Waals surface area contributed by atoms with Gasteiger partial charge in [-0.2, -0.15) is 0 Å². The lowest BCUT2D eigenvalue weighted by molar-refractivity contribution is 0.0857. The third kappa shape index (κ3) is 4.82. The summed E-state index contributed by atoms with van der Waals surface area (Å²) >= 11 is 0. The zero-order chi connectivity index (χ0) is 20.9. The normalized spacial score (nSPS) is 19.2. The number of aryl methyl sites for hydroxylation is 1. The van der Waals surface area contributed by atoms with Gasteiger partial charge in [-0.1, -0.05) is 35.9 Å². The summed E-state index contributed by atoms with van der Waals surface area (Å²) in [5.41, 5.74) is 3.65. The van der Waals surface area contributed by atoms with Gasteiger partial charge in [0.1, 0.15) is 0 Å². The van der Waals surface area contributed by atoms with E-state index >= 15 is 0 Å². The second-order valence-corrected chi connectivity index (χ2v) is 8.09. The fourth-order valence-electron chi connectivity index (χ4n) is 4.13. The molecule has 2 aromatic rings. The van der Waals surface area contributed by atoms with Crippen molar-refractivity contribution in [2.45, 2.75) is 38.8 Å². The van der Waals surface area contributed by atoms with E-state index in [1.807, 2.05) is 23.1 Å². The molecule has 4 rings (SSSR count). The number of benzene rings is 2. The van der Waals surface area contributed by atoms with E-state index in [0.717, 1.165) is 43.7 Å².